The minimum Gasteiger partial charge on any atom is -0.494 e. The summed E-state index contributed by atoms with van der Waals surface area (Å²) in [7, 11) is 4.34. The van der Waals surface area contributed by atoms with E-state index < -0.39 is 5.91 Å². The van der Waals surface area contributed by atoms with Gasteiger partial charge in [-0.05, 0) is 44.5 Å². The Kier molecular flexibility index (Phi) is 9.44. The zero-order chi connectivity index (χ0) is 24.4. The van der Waals surface area contributed by atoms with E-state index in [0.29, 0.717) is 34.8 Å². The van der Waals surface area contributed by atoms with Gasteiger partial charge in [-0.15, -0.1) is 0 Å². The molecule has 3 N–H and O–H groups in total. The highest BCUT2D eigenvalue weighted by atomic mass is 16.6. The molecule has 0 saturated carbocycles. The number of ether oxygens (including phenoxy) is 1. The van der Waals surface area contributed by atoms with Gasteiger partial charge < -0.3 is 24.6 Å². The number of nitrogens with zero attached hydrogens (tertiary/aromatic N) is 2. The fraction of sp³-hybridized carbons (Fsp3) is 0.292. The molecular formula is C24H30N4O5. The lowest BCUT2D eigenvalue weighted by Gasteiger charge is -2.17. The fourth-order valence-electron chi connectivity index (χ4n) is 3.34. The molecular weight excluding hydrogens is 424 g/mol. The lowest BCUT2D eigenvalue weighted by molar-refractivity contribution is -0.114. The Labute approximate surface area is 193 Å². The van der Waals surface area contributed by atoms with Crippen molar-refractivity contribution in [1.29, 1.82) is 0 Å². The van der Waals surface area contributed by atoms with Crippen molar-refractivity contribution in [3.05, 3.63) is 70.3 Å². The second kappa shape index (κ2) is 12.3. The molecule has 2 aromatic carbocycles. The third kappa shape index (κ3) is 5.89. The maximum Gasteiger partial charge on any atom is 0.273 e. The minimum atomic E-state index is -0.425. The summed E-state index contributed by atoms with van der Waals surface area (Å²) in [6.07, 6.45) is 0. The molecule has 2 aromatic rings. The number of nitrogens with one attached hydrogen (secondary N) is 1. The van der Waals surface area contributed by atoms with E-state index in [0.717, 1.165) is 16.9 Å². The second-order valence-corrected chi connectivity index (χ2v) is 6.85. The van der Waals surface area contributed by atoms with Gasteiger partial charge in [0, 0.05) is 29.3 Å². The summed E-state index contributed by atoms with van der Waals surface area (Å²) in [6, 6.07) is 12.7. The van der Waals surface area contributed by atoms with Gasteiger partial charge in [-0.3, -0.25) is 4.79 Å². The first-order valence-electron chi connectivity index (χ1n) is 10.3. The number of hydrogen-bond acceptors (Lipinski definition) is 8. The summed E-state index contributed by atoms with van der Waals surface area (Å²) in [5.41, 5.74) is 3.91. The molecule has 0 radical (unpaired) electrons. The number of carbonyl (C=O) groups is 1. The Morgan fingerprint density at radius 2 is 1.64 bits per heavy atom. The van der Waals surface area contributed by atoms with E-state index in [9.17, 15) is 4.79 Å². The van der Waals surface area contributed by atoms with E-state index in [1.807, 2.05) is 32.0 Å². The fourth-order valence-corrected chi connectivity index (χ4v) is 3.34. The maximum atomic E-state index is 12.5. The Morgan fingerprint density at radius 3 is 2.18 bits per heavy atom. The van der Waals surface area contributed by atoms with Crippen LogP contribution in [-0.4, -0.2) is 45.2 Å². The first-order chi connectivity index (χ1) is 15.9. The molecule has 0 aromatic heterocycles. The second-order valence-electron chi connectivity index (χ2n) is 6.85. The molecule has 0 aliphatic heterocycles. The van der Waals surface area contributed by atoms with E-state index in [4.69, 9.17) is 25.1 Å². The van der Waals surface area contributed by atoms with Crippen LogP contribution in [0.1, 0.15) is 36.1 Å². The molecule has 0 aliphatic carbocycles. The van der Waals surface area contributed by atoms with E-state index in [-0.39, 0.29) is 5.71 Å². The van der Waals surface area contributed by atoms with Crippen LogP contribution < -0.4 is 16.0 Å². The SMILES string of the molecule is CCOc1ccc(C(=N/OC)/C(C)=C(\ON)c2ccccc2/C(=N\OC)C(=O)NC)c(C)c1. The van der Waals surface area contributed by atoms with Crippen molar-refractivity contribution in [3.8, 4) is 5.75 Å². The average molecular weight is 455 g/mol. The number of aryl methyl sites for hydroxylation is 1. The smallest absolute Gasteiger partial charge is 0.273 e. The van der Waals surface area contributed by atoms with Crippen LogP contribution >= 0.6 is 0 Å². The zero-order valence-electron chi connectivity index (χ0n) is 19.8. The van der Waals surface area contributed by atoms with Crippen LogP contribution in [0, 0.1) is 6.92 Å². The van der Waals surface area contributed by atoms with Crippen LogP contribution in [0.2, 0.25) is 0 Å². The molecule has 0 heterocycles. The minimum absolute atomic E-state index is 0.0698. The standard InChI is InChI=1S/C24H30N4O5/c1-7-32-17-12-13-18(15(2)14-17)21(27-30-5)16(3)23(33-25)20-11-9-8-10-19(20)22(28-31-6)24(29)26-4/h8-14H,7,25H2,1-6H3,(H,26,29)/b23-16-,27-21+,28-22+. The molecule has 0 unspecified atom stereocenters. The van der Waals surface area contributed by atoms with Crippen LogP contribution in [0.3, 0.4) is 0 Å². The van der Waals surface area contributed by atoms with Crippen molar-refractivity contribution in [1.82, 2.24) is 5.32 Å². The van der Waals surface area contributed by atoms with Crippen molar-refractivity contribution in [2.75, 3.05) is 27.9 Å². The monoisotopic (exact) mass is 454 g/mol. The number of oxime groups is 2. The van der Waals surface area contributed by atoms with Crippen LogP contribution in [0.5, 0.6) is 5.75 Å². The molecule has 0 aliphatic rings. The molecule has 2 rings (SSSR count). The van der Waals surface area contributed by atoms with Gasteiger partial charge >= 0.3 is 0 Å². The Hall–Kier alpha value is -3.85. The molecule has 1 amide bonds. The molecule has 0 spiro atoms. The predicted molar refractivity (Wildman–Crippen MR) is 128 cm³/mol. The number of allylic oxidation sites excluding steroid dienone is 1. The summed E-state index contributed by atoms with van der Waals surface area (Å²) < 4.78 is 5.59. The number of carbonyl (C=O) groups excluding carboxylic acids is 1. The van der Waals surface area contributed by atoms with E-state index in [2.05, 4.69) is 15.6 Å². The van der Waals surface area contributed by atoms with E-state index in [1.54, 1.807) is 31.2 Å². The maximum absolute atomic E-state index is 12.5. The average Bonchev–Trinajstić information content (AvgIpc) is 2.82. The highest BCUT2D eigenvalue weighted by molar-refractivity contribution is 6.45. The third-order valence-corrected chi connectivity index (χ3v) is 4.81. The largest absolute Gasteiger partial charge is 0.494 e. The number of benzene rings is 2. The number of rotatable bonds is 10. The molecule has 9 heteroatoms. The van der Waals surface area contributed by atoms with Gasteiger partial charge in [0.15, 0.2) is 11.5 Å². The van der Waals surface area contributed by atoms with Crippen LogP contribution in [0.25, 0.3) is 5.76 Å². The summed E-state index contributed by atoms with van der Waals surface area (Å²) in [6.45, 7) is 6.24. The number of hydrogen-bond donors (Lipinski definition) is 2. The van der Waals surface area contributed by atoms with Gasteiger partial charge in [-0.25, -0.2) is 0 Å². The normalized spacial score (nSPS) is 12.6. The molecule has 0 bridgehead atoms. The highest BCUT2D eigenvalue weighted by Gasteiger charge is 2.23. The van der Waals surface area contributed by atoms with Crippen molar-refractivity contribution >= 4 is 23.1 Å². The number of nitrogens with two attached hydrogens (primary N) is 1. The molecule has 9 nitrogen and oxygen atoms in total. The molecule has 33 heavy (non-hydrogen) atoms. The predicted octanol–water partition coefficient (Wildman–Crippen LogP) is 3.16. The number of amides is 1. The van der Waals surface area contributed by atoms with Crippen LogP contribution in [0.15, 0.2) is 58.3 Å². The van der Waals surface area contributed by atoms with Gasteiger partial charge in [0.1, 0.15) is 25.7 Å². The highest BCUT2D eigenvalue weighted by Crippen LogP contribution is 2.28. The van der Waals surface area contributed by atoms with Crippen molar-refractivity contribution in [2.24, 2.45) is 16.2 Å². The Balaban J connectivity index is 2.73. The Morgan fingerprint density at radius 1 is 1.00 bits per heavy atom. The lowest BCUT2D eigenvalue weighted by Crippen LogP contribution is -2.29. The summed E-state index contributed by atoms with van der Waals surface area (Å²) >= 11 is 0. The van der Waals surface area contributed by atoms with E-state index >= 15 is 0 Å². The molecule has 0 atom stereocenters. The first-order valence-corrected chi connectivity index (χ1v) is 10.3. The summed E-state index contributed by atoms with van der Waals surface area (Å²) in [5, 5.41) is 10.7. The summed E-state index contributed by atoms with van der Waals surface area (Å²) in [5.74, 6) is 6.35. The van der Waals surface area contributed by atoms with Crippen molar-refractivity contribution in [3.63, 3.8) is 0 Å². The molecule has 0 fully saturated rings. The number of likely N-dealkylation sites (N-methyl/N-ethyl adjacent to an activating group) is 1. The van der Waals surface area contributed by atoms with Gasteiger partial charge in [0.2, 0.25) is 0 Å². The van der Waals surface area contributed by atoms with Gasteiger partial charge in [0.25, 0.3) is 5.91 Å². The Bertz CT molecular complexity index is 1080. The van der Waals surface area contributed by atoms with Gasteiger partial charge in [0.05, 0.1) is 6.61 Å². The quantitative estimate of drug-likeness (QED) is 0.324. The van der Waals surface area contributed by atoms with Crippen LogP contribution in [-0.2, 0) is 19.3 Å². The first kappa shape index (κ1) is 25.4. The third-order valence-electron chi connectivity index (χ3n) is 4.81. The lowest BCUT2D eigenvalue weighted by atomic mass is 9.93. The zero-order valence-corrected chi connectivity index (χ0v) is 19.8. The molecule has 176 valence electrons. The van der Waals surface area contributed by atoms with Gasteiger partial charge in [-0.2, -0.15) is 5.90 Å². The summed E-state index contributed by atoms with van der Waals surface area (Å²) in [4.78, 5) is 27.8. The van der Waals surface area contributed by atoms with Crippen molar-refractivity contribution in [2.45, 2.75) is 20.8 Å². The van der Waals surface area contributed by atoms with E-state index in [1.165, 1.54) is 21.3 Å². The van der Waals surface area contributed by atoms with Crippen LogP contribution in [0.4, 0.5) is 0 Å². The molecule has 0 saturated heterocycles. The van der Waals surface area contributed by atoms with Gasteiger partial charge in [-0.1, -0.05) is 34.6 Å². The van der Waals surface area contributed by atoms with Crippen molar-refractivity contribution < 1.29 is 24.0 Å². The topological polar surface area (TPSA) is 117 Å².